The maximum absolute atomic E-state index is 13.3. The van der Waals surface area contributed by atoms with Crippen LogP contribution in [0.25, 0.3) is 10.9 Å². The number of rotatable bonds is 13. The van der Waals surface area contributed by atoms with Gasteiger partial charge < -0.3 is 20.7 Å². The van der Waals surface area contributed by atoms with Crippen molar-refractivity contribution in [3.05, 3.63) is 97.0 Å². The zero-order valence-corrected chi connectivity index (χ0v) is 22.7. The molecule has 206 valence electrons. The van der Waals surface area contributed by atoms with E-state index < -0.39 is 12.1 Å². The summed E-state index contributed by atoms with van der Waals surface area (Å²) >= 11 is 1.44. The zero-order chi connectivity index (χ0) is 28.0. The SMILES string of the molecule is O=C(CSc1ccncc1)NCCCCC(NC(=O)OCc1ccccc1)C(=O)Nc1cccc2cccnc12. The highest BCUT2D eigenvalue weighted by molar-refractivity contribution is 8.00. The highest BCUT2D eigenvalue weighted by atomic mass is 32.2. The molecule has 2 heterocycles. The van der Waals surface area contributed by atoms with Crippen molar-refractivity contribution in [3.63, 3.8) is 0 Å². The molecule has 40 heavy (non-hydrogen) atoms. The second kappa shape index (κ2) is 15.2. The Morgan fingerprint density at radius 2 is 1.68 bits per heavy atom. The van der Waals surface area contributed by atoms with Gasteiger partial charge in [-0.25, -0.2) is 4.79 Å². The average Bonchev–Trinajstić information content (AvgIpc) is 2.99. The molecule has 1 unspecified atom stereocenters. The number of anilines is 1. The first-order valence-electron chi connectivity index (χ1n) is 13.0. The van der Waals surface area contributed by atoms with E-state index in [0.717, 1.165) is 15.8 Å². The van der Waals surface area contributed by atoms with Gasteiger partial charge in [-0.15, -0.1) is 11.8 Å². The van der Waals surface area contributed by atoms with Gasteiger partial charge in [-0.3, -0.25) is 19.6 Å². The number of carbonyl (C=O) groups is 3. The lowest BCUT2D eigenvalue weighted by Gasteiger charge is -2.19. The minimum absolute atomic E-state index is 0.0674. The van der Waals surface area contributed by atoms with Crippen molar-refractivity contribution in [2.24, 2.45) is 0 Å². The molecule has 4 aromatic rings. The van der Waals surface area contributed by atoms with E-state index in [1.54, 1.807) is 24.7 Å². The number of hydrogen-bond acceptors (Lipinski definition) is 7. The van der Waals surface area contributed by atoms with Crippen LogP contribution in [-0.2, 0) is 20.9 Å². The Kier molecular flexibility index (Phi) is 10.9. The first kappa shape index (κ1) is 28.6. The summed E-state index contributed by atoms with van der Waals surface area (Å²) in [5, 5.41) is 9.40. The molecule has 0 saturated carbocycles. The lowest BCUT2D eigenvalue weighted by molar-refractivity contribution is -0.119. The summed E-state index contributed by atoms with van der Waals surface area (Å²) in [6.07, 6.45) is 5.98. The van der Waals surface area contributed by atoms with Gasteiger partial charge in [0.2, 0.25) is 11.8 Å². The van der Waals surface area contributed by atoms with Crippen molar-refractivity contribution in [1.82, 2.24) is 20.6 Å². The lowest BCUT2D eigenvalue weighted by atomic mass is 10.1. The number of carbonyl (C=O) groups excluding carboxylic acids is 3. The first-order valence-corrected chi connectivity index (χ1v) is 14.0. The van der Waals surface area contributed by atoms with Crippen molar-refractivity contribution < 1.29 is 19.1 Å². The molecule has 4 rings (SSSR count). The highest BCUT2D eigenvalue weighted by Crippen LogP contribution is 2.21. The summed E-state index contributed by atoms with van der Waals surface area (Å²) in [6, 6.07) is 21.5. The number of fused-ring (bicyclic) bond motifs is 1. The van der Waals surface area contributed by atoms with Crippen LogP contribution in [0, 0.1) is 0 Å². The van der Waals surface area contributed by atoms with Crippen LogP contribution in [0.1, 0.15) is 24.8 Å². The van der Waals surface area contributed by atoms with E-state index in [-0.39, 0.29) is 18.4 Å². The van der Waals surface area contributed by atoms with Crippen LogP contribution in [0.4, 0.5) is 10.5 Å². The summed E-state index contributed by atoms with van der Waals surface area (Å²) in [5.74, 6) is -0.127. The van der Waals surface area contributed by atoms with E-state index in [4.69, 9.17) is 4.74 Å². The number of para-hydroxylation sites is 1. The van der Waals surface area contributed by atoms with E-state index in [2.05, 4.69) is 25.9 Å². The Labute approximate surface area is 237 Å². The highest BCUT2D eigenvalue weighted by Gasteiger charge is 2.22. The molecule has 1 atom stereocenters. The molecule has 3 amide bonds. The summed E-state index contributed by atoms with van der Waals surface area (Å²) in [7, 11) is 0. The molecule has 0 fully saturated rings. The molecule has 0 spiro atoms. The number of pyridine rings is 2. The predicted octanol–water partition coefficient (Wildman–Crippen LogP) is 4.94. The van der Waals surface area contributed by atoms with Crippen molar-refractivity contribution in [2.45, 2.75) is 36.8 Å². The van der Waals surface area contributed by atoms with Crippen LogP contribution in [-0.4, -0.2) is 46.2 Å². The minimum atomic E-state index is -0.833. The fraction of sp³-hybridized carbons (Fsp3) is 0.233. The molecule has 2 aromatic heterocycles. The molecule has 0 bridgehead atoms. The van der Waals surface area contributed by atoms with E-state index >= 15 is 0 Å². The predicted molar refractivity (Wildman–Crippen MR) is 156 cm³/mol. The maximum Gasteiger partial charge on any atom is 0.408 e. The zero-order valence-electron chi connectivity index (χ0n) is 21.9. The second-order valence-electron chi connectivity index (χ2n) is 8.95. The van der Waals surface area contributed by atoms with Gasteiger partial charge in [0, 0.05) is 35.4 Å². The molecule has 0 aliphatic carbocycles. The minimum Gasteiger partial charge on any atom is -0.445 e. The summed E-state index contributed by atoms with van der Waals surface area (Å²) < 4.78 is 5.35. The fourth-order valence-electron chi connectivity index (χ4n) is 3.94. The Balaban J connectivity index is 1.29. The van der Waals surface area contributed by atoms with Gasteiger partial charge in [0.05, 0.1) is 17.0 Å². The number of aromatic nitrogens is 2. The molecule has 0 saturated heterocycles. The number of amides is 3. The number of nitrogens with zero attached hydrogens (tertiary/aromatic N) is 2. The van der Waals surface area contributed by atoms with E-state index in [1.807, 2.05) is 66.7 Å². The Morgan fingerprint density at radius 3 is 2.50 bits per heavy atom. The Bertz CT molecular complexity index is 1400. The van der Waals surface area contributed by atoms with Gasteiger partial charge >= 0.3 is 6.09 Å². The topological polar surface area (TPSA) is 122 Å². The first-order chi connectivity index (χ1) is 19.6. The molecule has 2 aromatic carbocycles. The van der Waals surface area contributed by atoms with Gasteiger partial charge in [0.15, 0.2) is 0 Å². The molecular weight excluding hydrogens is 526 g/mol. The normalized spacial score (nSPS) is 11.4. The number of hydrogen-bond donors (Lipinski definition) is 3. The third-order valence-corrected chi connectivity index (χ3v) is 6.99. The van der Waals surface area contributed by atoms with Crippen LogP contribution in [0.3, 0.4) is 0 Å². The standard InChI is InChI=1S/C30H31N5O4S/c36-27(21-40-24-14-18-31-19-15-24)32-16-5-4-12-26(35-30(38)39-20-22-8-2-1-3-9-22)29(37)34-25-13-6-10-23-11-7-17-33-28(23)25/h1-3,6-11,13-15,17-19,26H,4-5,12,16,20-21H2,(H,32,36)(H,34,37)(H,35,38). The van der Waals surface area contributed by atoms with Crippen molar-refractivity contribution in [1.29, 1.82) is 0 Å². The van der Waals surface area contributed by atoms with Gasteiger partial charge in [-0.2, -0.15) is 0 Å². The molecule has 0 aliphatic heterocycles. The monoisotopic (exact) mass is 557 g/mol. The molecule has 10 heteroatoms. The third-order valence-electron chi connectivity index (χ3n) is 5.97. The van der Waals surface area contributed by atoms with Crippen molar-refractivity contribution >= 4 is 46.3 Å². The van der Waals surface area contributed by atoms with Crippen LogP contribution in [0.15, 0.2) is 96.3 Å². The molecule has 9 nitrogen and oxygen atoms in total. The number of nitrogens with one attached hydrogen (secondary N) is 3. The van der Waals surface area contributed by atoms with Crippen LogP contribution < -0.4 is 16.0 Å². The van der Waals surface area contributed by atoms with E-state index in [1.165, 1.54) is 11.8 Å². The van der Waals surface area contributed by atoms with Crippen LogP contribution in [0.2, 0.25) is 0 Å². The third kappa shape index (κ3) is 9.09. The molecule has 3 N–H and O–H groups in total. The molecular formula is C30H31N5O4S. The summed E-state index contributed by atoms with van der Waals surface area (Å²) in [6.45, 7) is 0.563. The second-order valence-corrected chi connectivity index (χ2v) is 9.99. The smallest absolute Gasteiger partial charge is 0.408 e. The number of ether oxygens (including phenoxy) is 1. The summed E-state index contributed by atoms with van der Waals surface area (Å²) in [4.78, 5) is 47.3. The van der Waals surface area contributed by atoms with Gasteiger partial charge in [0.25, 0.3) is 0 Å². The van der Waals surface area contributed by atoms with Crippen LogP contribution >= 0.6 is 11.8 Å². The number of unbranched alkanes of at least 4 members (excludes halogenated alkanes) is 1. The molecule has 0 radical (unpaired) electrons. The fourth-order valence-corrected chi connectivity index (χ4v) is 4.65. The Morgan fingerprint density at radius 1 is 0.875 bits per heavy atom. The average molecular weight is 558 g/mol. The number of thioether (sulfide) groups is 1. The number of benzene rings is 2. The van der Waals surface area contributed by atoms with Crippen molar-refractivity contribution in [2.75, 3.05) is 17.6 Å². The van der Waals surface area contributed by atoms with Crippen molar-refractivity contribution in [3.8, 4) is 0 Å². The van der Waals surface area contributed by atoms with E-state index in [0.29, 0.717) is 42.8 Å². The quantitative estimate of drug-likeness (QED) is 0.157. The largest absolute Gasteiger partial charge is 0.445 e. The van der Waals surface area contributed by atoms with Gasteiger partial charge in [-0.1, -0.05) is 48.5 Å². The number of alkyl carbamates (subject to hydrolysis) is 1. The lowest BCUT2D eigenvalue weighted by Crippen LogP contribution is -2.44. The summed E-state index contributed by atoms with van der Waals surface area (Å²) in [5.41, 5.74) is 2.07. The van der Waals surface area contributed by atoms with Gasteiger partial charge in [0.1, 0.15) is 12.6 Å². The van der Waals surface area contributed by atoms with E-state index in [9.17, 15) is 14.4 Å². The molecule has 0 aliphatic rings. The van der Waals surface area contributed by atoms with Crippen LogP contribution in [0.5, 0.6) is 0 Å². The maximum atomic E-state index is 13.3. The van der Waals surface area contributed by atoms with Gasteiger partial charge in [-0.05, 0) is 49.1 Å². The Hall–Kier alpha value is -4.44.